The molecule has 9 heteroatoms. The van der Waals surface area contributed by atoms with Gasteiger partial charge in [0.2, 0.25) is 11.7 Å². The molecule has 7 nitrogen and oxygen atoms in total. The molecule has 0 aliphatic carbocycles. The molecule has 0 radical (unpaired) electrons. The SMILES string of the molecule is COc1ccc(C(=O)c2sc(N(c3ccc(Cl)cc3)C(C)C(N)=O)nc2N)cc1. The average molecular weight is 431 g/mol. The van der Waals surface area contributed by atoms with Gasteiger partial charge in [0.05, 0.1) is 7.11 Å². The lowest BCUT2D eigenvalue weighted by molar-refractivity contribution is -0.118. The van der Waals surface area contributed by atoms with Crippen LogP contribution in [0.15, 0.2) is 48.5 Å². The fourth-order valence-electron chi connectivity index (χ4n) is 2.69. The van der Waals surface area contributed by atoms with Gasteiger partial charge in [0.15, 0.2) is 5.13 Å². The predicted octanol–water partition coefficient (Wildman–Crippen LogP) is 3.63. The molecule has 29 heavy (non-hydrogen) atoms. The van der Waals surface area contributed by atoms with E-state index < -0.39 is 11.9 Å². The molecule has 0 fully saturated rings. The largest absolute Gasteiger partial charge is 0.497 e. The van der Waals surface area contributed by atoms with Gasteiger partial charge in [-0.1, -0.05) is 22.9 Å². The number of anilines is 3. The van der Waals surface area contributed by atoms with Crippen molar-refractivity contribution in [3.05, 3.63) is 64.0 Å². The van der Waals surface area contributed by atoms with Gasteiger partial charge < -0.3 is 21.1 Å². The van der Waals surface area contributed by atoms with Crippen molar-refractivity contribution in [2.24, 2.45) is 5.73 Å². The maximum absolute atomic E-state index is 12.9. The molecule has 1 heterocycles. The number of amides is 1. The van der Waals surface area contributed by atoms with Crippen LogP contribution in [0.4, 0.5) is 16.6 Å². The standard InChI is InChI=1S/C20H19ClN4O3S/c1-11(19(23)27)25(14-7-5-13(21)6-8-14)20-24-18(22)17(29-20)16(26)12-3-9-15(28-2)10-4-12/h3-11H,22H2,1-2H3,(H2,23,27). The van der Waals surface area contributed by atoms with E-state index in [9.17, 15) is 9.59 Å². The maximum atomic E-state index is 12.9. The van der Waals surface area contributed by atoms with Crippen molar-refractivity contribution < 1.29 is 14.3 Å². The maximum Gasteiger partial charge on any atom is 0.240 e. The molecule has 150 valence electrons. The van der Waals surface area contributed by atoms with E-state index in [1.54, 1.807) is 67.5 Å². The number of nitrogens with zero attached hydrogens (tertiary/aromatic N) is 2. The van der Waals surface area contributed by atoms with Crippen molar-refractivity contribution in [2.45, 2.75) is 13.0 Å². The summed E-state index contributed by atoms with van der Waals surface area (Å²) in [5.41, 5.74) is 12.7. The molecule has 0 bridgehead atoms. The number of hydrogen-bond acceptors (Lipinski definition) is 7. The van der Waals surface area contributed by atoms with Gasteiger partial charge in [-0.15, -0.1) is 0 Å². The van der Waals surface area contributed by atoms with Gasteiger partial charge in [-0.25, -0.2) is 4.98 Å². The second-order valence-corrected chi connectivity index (χ2v) is 7.61. The number of carbonyl (C=O) groups excluding carboxylic acids is 2. The highest BCUT2D eigenvalue weighted by Gasteiger charge is 2.27. The number of thiazole rings is 1. The first-order chi connectivity index (χ1) is 13.8. The van der Waals surface area contributed by atoms with Gasteiger partial charge in [0.1, 0.15) is 22.5 Å². The van der Waals surface area contributed by atoms with Gasteiger partial charge in [0.25, 0.3) is 0 Å². The Morgan fingerprint density at radius 1 is 1.14 bits per heavy atom. The van der Waals surface area contributed by atoms with E-state index in [1.165, 1.54) is 0 Å². The molecule has 4 N–H and O–H groups in total. The Kier molecular flexibility index (Phi) is 6.05. The second kappa shape index (κ2) is 8.50. The lowest BCUT2D eigenvalue weighted by Crippen LogP contribution is -2.39. The Morgan fingerprint density at radius 2 is 1.76 bits per heavy atom. The van der Waals surface area contributed by atoms with Gasteiger partial charge in [0, 0.05) is 16.3 Å². The summed E-state index contributed by atoms with van der Waals surface area (Å²) in [7, 11) is 1.55. The van der Waals surface area contributed by atoms with Crippen LogP contribution in [0, 0.1) is 0 Å². The van der Waals surface area contributed by atoms with Crippen LogP contribution < -0.4 is 21.1 Å². The summed E-state index contributed by atoms with van der Waals surface area (Å²) in [6, 6.07) is 12.9. The topological polar surface area (TPSA) is 112 Å². The third-order valence-electron chi connectivity index (χ3n) is 4.31. The number of ketones is 1. The molecule has 1 amide bonds. The third-order valence-corrected chi connectivity index (χ3v) is 5.63. The molecule has 0 spiro atoms. The number of primary amides is 1. The fourth-order valence-corrected chi connectivity index (χ4v) is 3.86. The van der Waals surface area contributed by atoms with Crippen molar-refractivity contribution in [1.29, 1.82) is 0 Å². The van der Waals surface area contributed by atoms with Crippen LogP contribution in [0.2, 0.25) is 5.02 Å². The summed E-state index contributed by atoms with van der Waals surface area (Å²) in [5, 5.41) is 0.933. The van der Waals surface area contributed by atoms with E-state index in [0.717, 1.165) is 11.3 Å². The number of rotatable bonds is 7. The fraction of sp³-hybridized carbons (Fsp3) is 0.150. The van der Waals surface area contributed by atoms with Gasteiger partial charge in [-0.2, -0.15) is 0 Å². The zero-order valence-electron chi connectivity index (χ0n) is 15.8. The number of methoxy groups -OCH3 is 1. The Morgan fingerprint density at radius 3 is 2.31 bits per heavy atom. The summed E-state index contributed by atoms with van der Waals surface area (Å²) in [4.78, 5) is 31.0. The van der Waals surface area contributed by atoms with E-state index in [0.29, 0.717) is 27.2 Å². The van der Waals surface area contributed by atoms with Crippen molar-refractivity contribution >= 4 is 51.3 Å². The first-order valence-corrected chi connectivity index (χ1v) is 9.80. The summed E-state index contributed by atoms with van der Waals surface area (Å²) in [5.74, 6) is -0.0846. The lowest BCUT2D eigenvalue weighted by atomic mass is 10.1. The van der Waals surface area contributed by atoms with Crippen LogP contribution >= 0.6 is 22.9 Å². The van der Waals surface area contributed by atoms with Crippen molar-refractivity contribution in [3.63, 3.8) is 0 Å². The molecular formula is C20H19ClN4O3S. The second-order valence-electron chi connectivity index (χ2n) is 6.19. The molecule has 0 aliphatic heterocycles. The van der Waals surface area contributed by atoms with E-state index >= 15 is 0 Å². The Labute approximate surface area is 176 Å². The van der Waals surface area contributed by atoms with Gasteiger partial charge in [-0.05, 0) is 55.5 Å². The Balaban J connectivity index is 2.01. The monoisotopic (exact) mass is 430 g/mol. The van der Waals surface area contributed by atoms with Crippen LogP contribution in [0.25, 0.3) is 0 Å². The molecule has 3 aromatic rings. The summed E-state index contributed by atoms with van der Waals surface area (Å²) in [6.45, 7) is 1.65. The number of benzene rings is 2. The highest BCUT2D eigenvalue weighted by atomic mass is 35.5. The lowest BCUT2D eigenvalue weighted by Gasteiger charge is -2.26. The highest BCUT2D eigenvalue weighted by molar-refractivity contribution is 7.18. The number of ether oxygens (including phenoxy) is 1. The van der Waals surface area contributed by atoms with Crippen LogP contribution in [0.1, 0.15) is 22.2 Å². The van der Waals surface area contributed by atoms with E-state index in [-0.39, 0.29) is 16.5 Å². The minimum Gasteiger partial charge on any atom is -0.497 e. The van der Waals surface area contributed by atoms with Crippen LogP contribution in [-0.2, 0) is 4.79 Å². The number of aromatic nitrogens is 1. The molecular weight excluding hydrogens is 412 g/mol. The third kappa shape index (κ3) is 4.33. The normalized spacial score (nSPS) is 11.7. The van der Waals surface area contributed by atoms with Crippen LogP contribution in [0.5, 0.6) is 5.75 Å². The zero-order chi connectivity index (χ0) is 21.1. The van der Waals surface area contributed by atoms with Crippen molar-refractivity contribution in [1.82, 2.24) is 4.98 Å². The van der Waals surface area contributed by atoms with Crippen LogP contribution in [-0.4, -0.2) is 29.8 Å². The molecule has 1 unspecified atom stereocenters. The van der Waals surface area contributed by atoms with Gasteiger partial charge >= 0.3 is 0 Å². The Bertz CT molecular complexity index is 1030. The van der Waals surface area contributed by atoms with Crippen molar-refractivity contribution in [3.8, 4) is 5.75 Å². The number of nitrogens with two attached hydrogens (primary N) is 2. The average Bonchev–Trinajstić information content (AvgIpc) is 3.10. The zero-order valence-corrected chi connectivity index (χ0v) is 17.3. The van der Waals surface area contributed by atoms with Crippen molar-refractivity contribution in [2.75, 3.05) is 17.7 Å². The van der Waals surface area contributed by atoms with Gasteiger partial charge in [-0.3, -0.25) is 9.59 Å². The molecule has 0 saturated heterocycles. The smallest absolute Gasteiger partial charge is 0.240 e. The molecule has 2 aromatic carbocycles. The quantitative estimate of drug-likeness (QED) is 0.553. The number of carbonyl (C=O) groups is 2. The number of nitrogen functional groups attached to an aromatic ring is 1. The molecule has 1 aromatic heterocycles. The highest BCUT2D eigenvalue weighted by Crippen LogP contribution is 2.36. The molecule has 0 aliphatic rings. The number of hydrogen-bond donors (Lipinski definition) is 2. The predicted molar refractivity (Wildman–Crippen MR) is 115 cm³/mol. The van der Waals surface area contributed by atoms with Crippen LogP contribution in [0.3, 0.4) is 0 Å². The summed E-state index contributed by atoms with van der Waals surface area (Å²) in [6.07, 6.45) is 0. The first kappa shape index (κ1) is 20.6. The minimum absolute atomic E-state index is 0.0847. The first-order valence-electron chi connectivity index (χ1n) is 8.61. The molecule has 0 saturated carbocycles. The minimum atomic E-state index is -0.717. The molecule has 3 rings (SSSR count). The number of halogens is 1. The molecule has 1 atom stereocenters. The Hall–Kier alpha value is -3.10. The summed E-state index contributed by atoms with van der Waals surface area (Å²) >= 11 is 7.06. The van der Waals surface area contributed by atoms with E-state index in [4.69, 9.17) is 27.8 Å². The summed E-state index contributed by atoms with van der Waals surface area (Å²) < 4.78 is 5.11. The van der Waals surface area contributed by atoms with E-state index in [2.05, 4.69) is 4.98 Å². The van der Waals surface area contributed by atoms with E-state index in [1.807, 2.05) is 0 Å².